The minimum atomic E-state index is -2.92. The van der Waals surface area contributed by atoms with Gasteiger partial charge in [-0.05, 0) is 16.0 Å². The zero-order valence-corrected chi connectivity index (χ0v) is 9.07. The van der Waals surface area contributed by atoms with Gasteiger partial charge in [0.1, 0.15) is 5.56 Å². The van der Waals surface area contributed by atoms with E-state index in [1.807, 2.05) is 0 Å². The van der Waals surface area contributed by atoms with Crippen LogP contribution >= 0.6 is 15.9 Å². The topological polar surface area (TPSA) is 99.1 Å². The van der Waals surface area contributed by atoms with Crippen LogP contribution in [-0.2, 0) is 0 Å². The normalized spacial score (nSPS) is 10.5. The number of pyridine rings is 1. The number of nitro groups is 1. The third-order valence-corrected chi connectivity index (χ3v) is 2.29. The molecular formula is C7H4BrF2N3O3. The summed E-state index contributed by atoms with van der Waals surface area (Å²) in [7, 11) is 0. The first-order valence-corrected chi connectivity index (χ1v) is 4.56. The van der Waals surface area contributed by atoms with E-state index < -0.39 is 34.2 Å². The molecule has 0 saturated heterocycles. The lowest BCUT2D eigenvalue weighted by Gasteiger charge is -2.03. The molecular weight excluding hydrogens is 292 g/mol. The zero-order valence-electron chi connectivity index (χ0n) is 7.49. The van der Waals surface area contributed by atoms with Crippen molar-refractivity contribution in [2.24, 2.45) is 5.73 Å². The molecule has 1 rings (SSSR count). The molecule has 0 aliphatic heterocycles. The van der Waals surface area contributed by atoms with Gasteiger partial charge in [-0.25, -0.2) is 8.78 Å². The van der Waals surface area contributed by atoms with Gasteiger partial charge in [0.25, 0.3) is 12.3 Å². The van der Waals surface area contributed by atoms with Gasteiger partial charge in [0.15, 0.2) is 0 Å². The summed E-state index contributed by atoms with van der Waals surface area (Å²) >= 11 is 2.65. The van der Waals surface area contributed by atoms with Crippen molar-refractivity contribution in [3.8, 4) is 0 Å². The molecule has 1 aromatic heterocycles. The summed E-state index contributed by atoms with van der Waals surface area (Å²) in [6.45, 7) is 0. The zero-order chi connectivity index (χ0) is 12.5. The number of rotatable bonds is 3. The third-order valence-electron chi connectivity index (χ3n) is 1.66. The maximum atomic E-state index is 12.4. The smallest absolute Gasteiger partial charge is 0.365 e. The van der Waals surface area contributed by atoms with Gasteiger partial charge in [0.2, 0.25) is 4.60 Å². The van der Waals surface area contributed by atoms with Crippen LogP contribution in [0, 0.1) is 10.1 Å². The van der Waals surface area contributed by atoms with Crippen molar-refractivity contribution in [3.05, 3.63) is 31.9 Å². The highest BCUT2D eigenvalue weighted by Gasteiger charge is 2.27. The molecule has 9 heteroatoms. The Bertz CT molecular complexity index is 466. The van der Waals surface area contributed by atoms with Crippen LogP contribution in [0.2, 0.25) is 0 Å². The third kappa shape index (κ3) is 2.30. The highest BCUT2D eigenvalue weighted by Crippen LogP contribution is 2.30. The molecule has 0 bridgehead atoms. The second-order valence-electron chi connectivity index (χ2n) is 2.66. The van der Waals surface area contributed by atoms with Gasteiger partial charge < -0.3 is 15.8 Å². The van der Waals surface area contributed by atoms with Gasteiger partial charge >= 0.3 is 5.82 Å². The highest BCUT2D eigenvalue weighted by molar-refractivity contribution is 9.10. The number of hydrogen-bond donors (Lipinski definition) is 1. The average molecular weight is 296 g/mol. The standard InChI is InChI=1S/C7H4BrF2N3O3/c8-4-2(5(9)10)1-3(6(11)14)7(12-4)13(15)16/h1,5H,(H2,11,14). The van der Waals surface area contributed by atoms with Crippen LogP contribution in [0.15, 0.2) is 10.7 Å². The van der Waals surface area contributed by atoms with Crippen molar-refractivity contribution in [2.75, 3.05) is 0 Å². The number of amides is 1. The first-order chi connectivity index (χ1) is 7.34. The van der Waals surface area contributed by atoms with E-state index in [9.17, 15) is 23.7 Å². The largest absolute Gasteiger partial charge is 0.377 e. The maximum absolute atomic E-state index is 12.4. The fourth-order valence-electron chi connectivity index (χ4n) is 0.971. The number of carbonyl (C=O) groups excluding carboxylic acids is 1. The molecule has 0 radical (unpaired) electrons. The first-order valence-electron chi connectivity index (χ1n) is 3.77. The summed E-state index contributed by atoms with van der Waals surface area (Å²) < 4.78 is 24.4. The molecule has 86 valence electrons. The Morgan fingerprint density at radius 3 is 2.56 bits per heavy atom. The number of hydrogen-bond acceptors (Lipinski definition) is 4. The lowest BCUT2D eigenvalue weighted by Crippen LogP contribution is -2.15. The van der Waals surface area contributed by atoms with Gasteiger partial charge in [0.05, 0.1) is 5.56 Å². The fourth-order valence-corrected chi connectivity index (χ4v) is 1.43. The molecule has 0 saturated carbocycles. The number of halogens is 3. The monoisotopic (exact) mass is 295 g/mol. The number of alkyl halides is 2. The van der Waals surface area contributed by atoms with Crippen LogP contribution in [0.4, 0.5) is 14.6 Å². The molecule has 0 unspecified atom stereocenters. The van der Waals surface area contributed by atoms with Gasteiger partial charge in [-0.15, -0.1) is 0 Å². The van der Waals surface area contributed by atoms with Crippen molar-refractivity contribution in [1.82, 2.24) is 4.98 Å². The van der Waals surface area contributed by atoms with Crippen LogP contribution in [-0.4, -0.2) is 15.8 Å². The van der Waals surface area contributed by atoms with Crippen LogP contribution in [0.5, 0.6) is 0 Å². The van der Waals surface area contributed by atoms with Gasteiger partial charge in [-0.2, -0.15) is 0 Å². The Hall–Kier alpha value is -1.64. The van der Waals surface area contributed by atoms with Crippen molar-refractivity contribution in [1.29, 1.82) is 0 Å². The molecule has 0 atom stereocenters. The maximum Gasteiger partial charge on any atom is 0.377 e. The highest BCUT2D eigenvalue weighted by atomic mass is 79.9. The fraction of sp³-hybridized carbons (Fsp3) is 0.143. The van der Waals surface area contributed by atoms with Crippen molar-refractivity contribution < 1.29 is 18.5 Å². The number of nitrogens with zero attached hydrogens (tertiary/aromatic N) is 2. The minimum Gasteiger partial charge on any atom is -0.365 e. The summed E-state index contributed by atoms with van der Waals surface area (Å²) in [6, 6.07) is 0.655. The van der Waals surface area contributed by atoms with Crippen LogP contribution in [0.25, 0.3) is 0 Å². The van der Waals surface area contributed by atoms with Crippen LogP contribution in [0.3, 0.4) is 0 Å². The van der Waals surface area contributed by atoms with E-state index in [1.165, 1.54) is 0 Å². The van der Waals surface area contributed by atoms with E-state index in [-0.39, 0.29) is 4.60 Å². The number of aromatic nitrogens is 1. The lowest BCUT2D eigenvalue weighted by molar-refractivity contribution is -0.389. The average Bonchev–Trinajstić information content (AvgIpc) is 2.15. The van der Waals surface area contributed by atoms with Crippen molar-refractivity contribution in [2.45, 2.75) is 6.43 Å². The van der Waals surface area contributed by atoms with E-state index in [4.69, 9.17) is 5.73 Å². The summed E-state index contributed by atoms with van der Waals surface area (Å²) in [6.07, 6.45) is -2.92. The van der Waals surface area contributed by atoms with E-state index in [0.717, 1.165) is 0 Å². The molecule has 1 heterocycles. The molecule has 0 aliphatic rings. The molecule has 0 aliphatic carbocycles. The van der Waals surface area contributed by atoms with E-state index in [1.54, 1.807) is 0 Å². The SMILES string of the molecule is NC(=O)c1cc(C(F)F)c(Br)nc1[N+](=O)[O-]. The molecule has 0 spiro atoms. The number of carbonyl (C=O) groups is 1. The molecule has 2 N–H and O–H groups in total. The summed E-state index contributed by atoms with van der Waals surface area (Å²) in [4.78, 5) is 23.6. The van der Waals surface area contributed by atoms with Gasteiger partial charge in [-0.1, -0.05) is 0 Å². The predicted molar refractivity (Wildman–Crippen MR) is 52.1 cm³/mol. The molecule has 6 nitrogen and oxygen atoms in total. The number of primary amides is 1. The quantitative estimate of drug-likeness (QED) is 0.522. The summed E-state index contributed by atoms with van der Waals surface area (Å²) in [5.74, 6) is -2.04. The molecule has 0 aromatic carbocycles. The second-order valence-corrected chi connectivity index (χ2v) is 3.41. The van der Waals surface area contributed by atoms with Gasteiger partial charge in [-0.3, -0.25) is 4.79 Å². The molecule has 1 aromatic rings. The molecule has 0 fully saturated rings. The Kier molecular flexibility index (Phi) is 3.48. The Morgan fingerprint density at radius 1 is 1.62 bits per heavy atom. The van der Waals surface area contributed by atoms with Crippen LogP contribution < -0.4 is 5.73 Å². The Morgan fingerprint density at radius 2 is 2.19 bits per heavy atom. The molecule has 16 heavy (non-hydrogen) atoms. The lowest BCUT2D eigenvalue weighted by atomic mass is 10.2. The molecule has 1 amide bonds. The van der Waals surface area contributed by atoms with Crippen molar-refractivity contribution >= 4 is 27.7 Å². The van der Waals surface area contributed by atoms with E-state index >= 15 is 0 Å². The first kappa shape index (κ1) is 12.4. The Balaban J connectivity index is 3.49. The minimum absolute atomic E-state index is 0.390. The predicted octanol–water partition coefficient (Wildman–Crippen LogP) is 1.79. The van der Waals surface area contributed by atoms with Crippen molar-refractivity contribution in [3.63, 3.8) is 0 Å². The second kappa shape index (κ2) is 4.47. The van der Waals surface area contributed by atoms with E-state index in [0.29, 0.717) is 6.07 Å². The Labute approximate surface area is 95.7 Å². The van der Waals surface area contributed by atoms with E-state index in [2.05, 4.69) is 20.9 Å². The summed E-state index contributed by atoms with van der Waals surface area (Å²) in [5.41, 5.74) is 3.55. The number of nitrogens with two attached hydrogens (primary N) is 1. The summed E-state index contributed by atoms with van der Waals surface area (Å²) in [5, 5.41) is 10.5. The van der Waals surface area contributed by atoms with Gasteiger partial charge in [0, 0.05) is 15.9 Å². The van der Waals surface area contributed by atoms with Crippen LogP contribution in [0.1, 0.15) is 22.3 Å².